The van der Waals surface area contributed by atoms with E-state index in [4.69, 9.17) is 14.2 Å². The highest BCUT2D eigenvalue weighted by Gasteiger charge is 2.12. The number of methoxy groups -OCH3 is 3. The van der Waals surface area contributed by atoms with Crippen LogP contribution in [0.2, 0.25) is 0 Å². The Labute approximate surface area is 173 Å². The van der Waals surface area contributed by atoms with E-state index in [1.807, 2.05) is 31.2 Å². The molecule has 3 aromatic rings. The lowest BCUT2D eigenvalue weighted by Crippen LogP contribution is -2.07. The lowest BCUT2D eigenvalue weighted by molar-refractivity contribution is -0.111. The number of benzene rings is 2. The van der Waals surface area contributed by atoms with Gasteiger partial charge in [-0.05, 0) is 30.7 Å². The van der Waals surface area contributed by atoms with Crippen LogP contribution in [0.1, 0.15) is 11.1 Å². The zero-order chi connectivity index (χ0) is 20.8. The van der Waals surface area contributed by atoms with Gasteiger partial charge in [-0.2, -0.15) is 0 Å². The second-order valence-corrected chi connectivity index (χ2v) is 7.04. The Morgan fingerprint density at radius 3 is 2.24 bits per heavy atom. The Balaban J connectivity index is 1.71. The third-order valence-corrected chi connectivity index (χ3v) is 4.96. The molecule has 1 aromatic heterocycles. The van der Waals surface area contributed by atoms with Crippen LogP contribution < -0.4 is 19.5 Å². The van der Waals surface area contributed by atoms with Crippen molar-refractivity contribution in [2.45, 2.75) is 6.92 Å². The first-order valence-electron chi connectivity index (χ1n) is 8.73. The fraction of sp³-hybridized carbons (Fsp3) is 0.190. The molecule has 3 rings (SSSR count). The molecule has 1 amide bonds. The third kappa shape index (κ3) is 4.91. The fourth-order valence-electron chi connectivity index (χ4n) is 2.60. The van der Waals surface area contributed by atoms with E-state index in [1.54, 1.807) is 32.4 Å². The average molecular weight is 411 g/mol. The van der Waals surface area contributed by atoms with Gasteiger partial charge in [0, 0.05) is 11.6 Å². The molecule has 0 saturated carbocycles. The monoisotopic (exact) mass is 411 g/mol. The molecular weight excluding hydrogens is 390 g/mol. The maximum Gasteiger partial charge on any atom is 0.250 e. The van der Waals surface area contributed by atoms with Gasteiger partial charge in [0.15, 0.2) is 11.5 Å². The van der Waals surface area contributed by atoms with Crippen molar-refractivity contribution >= 4 is 28.5 Å². The quantitative estimate of drug-likeness (QED) is 0.587. The Kier molecular flexibility index (Phi) is 6.46. The summed E-state index contributed by atoms with van der Waals surface area (Å²) in [6.45, 7) is 2.02. The molecule has 1 heterocycles. The van der Waals surface area contributed by atoms with E-state index in [0.717, 1.165) is 16.1 Å². The van der Waals surface area contributed by atoms with Crippen LogP contribution in [0.4, 0.5) is 5.13 Å². The molecule has 0 saturated heterocycles. The van der Waals surface area contributed by atoms with Gasteiger partial charge in [-0.1, -0.05) is 41.2 Å². The van der Waals surface area contributed by atoms with E-state index in [0.29, 0.717) is 22.4 Å². The predicted molar refractivity (Wildman–Crippen MR) is 114 cm³/mol. The number of hydrogen-bond acceptors (Lipinski definition) is 7. The van der Waals surface area contributed by atoms with Gasteiger partial charge in [0.1, 0.15) is 5.01 Å². The molecule has 8 heteroatoms. The topological polar surface area (TPSA) is 82.6 Å². The number of aromatic nitrogens is 2. The molecule has 0 aliphatic rings. The minimum Gasteiger partial charge on any atom is -0.493 e. The molecular formula is C21H21N3O4S. The fourth-order valence-corrected chi connectivity index (χ4v) is 3.36. The number of carbonyl (C=O) groups excluding carboxylic acids is 1. The van der Waals surface area contributed by atoms with E-state index in [9.17, 15) is 4.79 Å². The first kappa shape index (κ1) is 20.3. The molecule has 0 spiro atoms. The van der Waals surface area contributed by atoms with Crippen LogP contribution in [-0.2, 0) is 4.79 Å². The zero-order valence-electron chi connectivity index (χ0n) is 16.6. The van der Waals surface area contributed by atoms with Crippen LogP contribution in [-0.4, -0.2) is 37.4 Å². The molecule has 1 N–H and O–H groups in total. The third-order valence-electron chi connectivity index (χ3n) is 4.07. The molecule has 0 radical (unpaired) electrons. The second-order valence-electron chi connectivity index (χ2n) is 6.06. The van der Waals surface area contributed by atoms with Gasteiger partial charge < -0.3 is 14.2 Å². The Bertz CT molecular complexity index is 1000. The molecule has 150 valence electrons. The molecule has 0 fully saturated rings. The Morgan fingerprint density at radius 1 is 1.00 bits per heavy atom. The van der Waals surface area contributed by atoms with Crippen LogP contribution in [0.3, 0.4) is 0 Å². The number of nitrogens with zero attached hydrogens (tertiary/aromatic N) is 2. The molecule has 0 unspecified atom stereocenters. The van der Waals surface area contributed by atoms with E-state index in [-0.39, 0.29) is 5.91 Å². The van der Waals surface area contributed by atoms with Gasteiger partial charge in [0.2, 0.25) is 16.8 Å². The summed E-state index contributed by atoms with van der Waals surface area (Å²) >= 11 is 1.31. The highest BCUT2D eigenvalue weighted by Crippen LogP contribution is 2.38. The van der Waals surface area contributed by atoms with Gasteiger partial charge in [-0.3, -0.25) is 10.1 Å². The van der Waals surface area contributed by atoms with E-state index >= 15 is 0 Å². The minimum absolute atomic E-state index is 0.314. The first-order valence-corrected chi connectivity index (χ1v) is 9.55. The highest BCUT2D eigenvalue weighted by atomic mass is 32.1. The number of anilines is 1. The lowest BCUT2D eigenvalue weighted by atomic mass is 10.1. The van der Waals surface area contributed by atoms with Gasteiger partial charge in [0.05, 0.1) is 21.3 Å². The van der Waals surface area contributed by atoms with Crippen LogP contribution in [0, 0.1) is 6.92 Å². The standard InChI is InChI=1S/C21H21N3O4S/c1-13-5-8-15(9-6-13)20-23-24-21(29-20)22-18(25)10-7-14-11-16(26-2)19(28-4)17(12-14)27-3/h5-12H,1-4H3,(H,22,24,25)/b10-7+. The summed E-state index contributed by atoms with van der Waals surface area (Å²) in [6.07, 6.45) is 3.06. The number of nitrogens with one attached hydrogen (secondary N) is 1. The minimum atomic E-state index is -0.314. The van der Waals surface area contributed by atoms with Crippen LogP contribution >= 0.6 is 11.3 Å². The van der Waals surface area contributed by atoms with E-state index in [2.05, 4.69) is 15.5 Å². The highest BCUT2D eigenvalue weighted by molar-refractivity contribution is 7.18. The van der Waals surface area contributed by atoms with Gasteiger partial charge in [0.25, 0.3) is 0 Å². The number of rotatable bonds is 7. The van der Waals surface area contributed by atoms with Gasteiger partial charge in [-0.15, -0.1) is 10.2 Å². The Hall–Kier alpha value is -3.39. The van der Waals surface area contributed by atoms with Crippen molar-refractivity contribution in [2.75, 3.05) is 26.6 Å². The smallest absolute Gasteiger partial charge is 0.250 e. The van der Waals surface area contributed by atoms with E-state index < -0.39 is 0 Å². The largest absolute Gasteiger partial charge is 0.493 e. The van der Waals surface area contributed by atoms with Gasteiger partial charge >= 0.3 is 0 Å². The molecule has 7 nitrogen and oxygen atoms in total. The molecule has 0 aliphatic carbocycles. The summed E-state index contributed by atoms with van der Waals surface area (Å²) < 4.78 is 15.9. The normalized spacial score (nSPS) is 10.8. The zero-order valence-corrected chi connectivity index (χ0v) is 17.4. The lowest BCUT2D eigenvalue weighted by Gasteiger charge is -2.12. The maximum atomic E-state index is 12.3. The second kappa shape index (κ2) is 9.20. The maximum absolute atomic E-state index is 12.3. The van der Waals surface area contributed by atoms with Crippen molar-refractivity contribution < 1.29 is 19.0 Å². The molecule has 0 aliphatic heterocycles. The summed E-state index contributed by atoms with van der Waals surface area (Å²) in [5.74, 6) is 1.21. The van der Waals surface area contributed by atoms with Crippen molar-refractivity contribution in [3.8, 4) is 27.8 Å². The summed E-state index contributed by atoms with van der Waals surface area (Å²) in [7, 11) is 4.62. The number of amides is 1. The molecule has 29 heavy (non-hydrogen) atoms. The number of ether oxygens (including phenoxy) is 3. The molecule has 2 aromatic carbocycles. The summed E-state index contributed by atoms with van der Waals surface area (Å²) in [5, 5.41) is 12.1. The van der Waals surface area contributed by atoms with Crippen LogP contribution in [0.15, 0.2) is 42.5 Å². The number of aryl methyl sites for hydroxylation is 1. The summed E-state index contributed by atoms with van der Waals surface area (Å²) in [5.41, 5.74) is 2.86. The number of carbonyl (C=O) groups is 1. The Morgan fingerprint density at radius 2 is 1.66 bits per heavy atom. The molecule has 0 atom stereocenters. The van der Waals surface area contributed by atoms with Crippen molar-refractivity contribution in [3.05, 3.63) is 53.6 Å². The summed E-state index contributed by atoms with van der Waals surface area (Å²) in [4.78, 5) is 12.3. The van der Waals surface area contributed by atoms with Crippen molar-refractivity contribution in [3.63, 3.8) is 0 Å². The summed E-state index contributed by atoms with van der Waals surface area (Å²) in [6, 6.07) is 11.5. The van der Waals surface area contributed by atoms with Gasteiger partial charge in [-0.25, -0.2) is 0 Å². The predicted octanol–water partition coefficient (Wildman–Crippen LogP) is 4.19. The van der Waals surface area contributed by atoms with Crippen molar-refractivity contribution in [1.82, 2.24) is 10.2 Å². The van der Waals surface area contributed by atoms with E-state index in [1.165, 1.54) is 30.1 Å². The van der Waals surface area contributed by atoms with Crippen LogP contribution in [0.5, 0.6) is 17.2 Å². The first-order chi connectivity index (χ1) is 14.0. The number of hydrogen-bond donors (Lipinski definition) is 1. The average Bonchev–Trinajstić information content (AvgIpc) is 3.20. The van der Waals surface area contributed by atoms with Crippen molar-refractivity contribution in [1.29, 1.82) is 0 Å². The SMILES string of the molecule is COc1cc(/C=C/C(=O)Nc2nnc(-c3ccc(C)cc3)s2)cc(OC)c1OC. The molecule has 0 bridgehead atoms. The van der Waals surface area contributed by atoms with Crippen molar-refractivity contribution in [2.24, 2.45) is 0 Å². The van der Waals surface area contributed by atoms with Crippen LogP contribution in [0.25, 0.3) is 16.6 Å².